The maximum Gasteiger partial charge on any atom is 0.354 e. The van der Waals surface area contributed by atoms with Crippen LogP contribution >= 0.6 is 31.9 Å². The largest absolute Gasteiger partial charge is 0.477 e. The third-order valence-electron chi connectivity index (χ3n) is 5.45. The molecule has 0 spiro atoms. The molecular weight excluding hydrogens is 901 g/mol. The molecule has 0 atom stereocenters. The molecule has 43 heavy (non-hydrogen) atoms. The number of carbonyl (C=O) groups excluding carboxylic acids is 1. The molecule has 0 saturated carbocycles. The summed E-state index contributed by atoms with van der Waals surface area (Å²) in [5.41, 5.74) is 9.18. The molecule has 1 amide bonds. The molecule has 0 aliphatic heterocycles. The number of fused-ring (bicyclic) bond motifs is 2. The summed E-state index contributed by atoms with van der Waals surface area (Å²) >= 11 is 6.43. The van der Waals surface area contributed by atoms with Crippen molar-refractivity contribution >= 4 is 85.3 Å². The first-order chi connectivity index (χ1) is 20.8. The van der Waals surface area contributed by atoms with Crippen molar-refractivity contribution in [3.8, 4) is 0 Å². The Bertz CT molecular complexity index is 1810. The second kappa shape index (κ2) is 17.5. The number of nitrogens with zero attached hydrogens (tertiary/aromatic N) is 4. The van der Waals surface area contributed by atoms with Crippen LogP contribution in [-0.2, 0) is 0 Å². The molecule has 6 rings (SSSR count). The number of nitrogens with one attached hydrogen (secondary N) is 1. The molecule has 0 aliphatic carbocycles. The second-order valence-electron chi connectivity index (χ2n) is 8.29. The van der Waals surface area contributed by atoms with Gasteiger partial charge in [0, 0.05) is 84.0 Å². The second-order valence-corrected chi connectivity index (χ2v) is 10.1. The van der Waals surface area contributed by atoms with Crippen LogP contribution in [0, 0.1) is 31.1 Å². The first-order valence-corrected chi connectivity index (χ1v) is 13.6. The summed E-state index contributed by atoms with van der Waals surface area (Å²) in [6.07, 6.45) is 6.49. The van der Waals surface area contributed by atoms with Crippen molar-refractivity contribution in [2.24, 2.45) is 0 Å². The van der Waals surface area contributed by atoms with Gasteiger partial charge in [-0.25, -0.2) is 14.8 Å². The number of benzene rings is 2. The molecule has 4 N–H and O–H groups in total. The smallest absolute Gasteiger partial charge is 0.354 e. The molecule has 0 saturated heterocycles. The summed E-state index contributed by atoms with van der Waals surface area (Å²) in [5.74, 6) is -1.26. The Morgan fingerprint density at radius 1 is 0.721 bits per heavy atom. The molecule has 0 fully saturated rings. The van der Waals surface area contributed by atoms with E-state index >= 15 is 0 Å². The van der Waals surface area contributed by atoms with Gasteiger partial charge in [-0.05, 0) is 81.7 Å². The molecule has 9 nitrogen and oxygen atoms in total. The molecule has 0 aliphatic rings. The van der Waals surface area contributed by atoms with Gasteiger partial charge >= 0.3 is 5.97 Å². The number of para-hydroxylation sites is 2. The van der Waals surface area contributed by atoms with Crippen molar-refractivity contribution in [2.45, 2.75) is 0 Å². The van der Waals surface area contributed by atoms with Crippen molar-refractivity contribution in [1.29, 1.82) is 1.34 Å². The van der Waals surface area contributed by atoms with Crippen molar-refractivity contribution in [1.82, 2.24) is 19.9 Å². The maximum absolute atomic E-state index is 12.2. The molecule has 4 heterocycles. The average Bonchev–Trinajstić information content (AvgIpc) is 3.04. The SMILES string of the molecule is Nc1cccc2cccnc12.O=C(Nc1cccc2cccnc12)c1ccc(Br)cn1.O=C(O)c1ccc(Br)cn1.[3H][B].[U]. The summed E-state index contributed by atoms with van der Waals surface area (Å²) in [5, 5.41) is 13.3. The van der Waals surface area contributed by atoms with Crippen LogP contribution in [0.3, 0.4) is 0 Å². The fraction of sp³-hybridized carbons (Fsp3) is 0. The minimum Gasteiger partial charge on any atom is -0.477 e. The number of carbonyl (C=O) groups is 2. The number of rotatable bonds is 3. The van der Waals surface area contributed by atoms with E-state index in [1.165, 1.54) is 12.3 Å². The third kappa shape index (κ3) is 10.3. The number of nitrogen functional groups attached to an aromatic ring is 1. The Kier molecular flexibility index (Phi) is 13.8. The molecule has 2 aromatic carbocycles. The maximum atomic E-state index is 12.2. The van der Waals surface area contributed by atoms with Gasteiger partial charge < -0.3 is 16.2 Å². The standard InChI is InChI=1S/C15H10BrN3O.C9H8N2.C6H4BrNO2.BH.U/c16-11-6-7-13(18-9-11)15(20)19-12-5-1-3-10-4-2-8-17-14(10)12;10-8-5-1-3-7-4-2-6-11-9(7)8;7-4-1-2-5(6(9)10)8-3-4;;/h1-9H,(H,19,20);1-6H,10H2;1-3H,(H,9,10);1H;/i;;;1T;. The monoisotopic (exact) mass is 924 g/mol. The molecule has 212 valence electrons. The predicted octanol–water partition coefficient (Wildman–Crippen LogP) is 6.36. The third-order valence-corrected chi connectivity index (χ3v) is 6.39. The predicted molar refractivity (Wildman–Crippen MR) is 174 cm³/mol. The number of aromatic carboxylic acids is 1. The Morgan fingerprint density at radius 3 is 1.77 bits per heavy atom. The fourth-order valence-electron chi connectivity index (χ4n) is 3.53. The van der Waals surface area contributed by atoms with Gasteiger partial charge in [0.1, 0.15) is 11.4 Å². The van der Waals surface area contributed by atoms with Gasteiger partial charge in [-0.2, -0.15) is 0 Å². The summed E-state index contributed by atoms with van der Waals surface area (Å²) in [6.45, 7) is 0. The van der Waals surface area contributed by atoms with Crippen LogP contribution in [0.1, 0.15) is 21.0 Å². The van der Waals surface area contributed by atoms with E-state index in [1.807, 2.05) is 60.7 Å². The van der Waals surface area contributed by atoms with Crippen LogP contribution in [0.2, 0.25) is 0 Å². The van der Waals surface area contributed by atoms with Crippen LogP contribution < -0.4 is 11.1 Å². The minimum atomic E-state index is -1.01. The molecule has 0 bridgehead atoms. The van der Waals surface area contributed by atoms with Gasteiger partial charge in [-0.3, -0.25) is 14.8 Å². The van der Waals surface area contributed by atoms with E-state index in [4.69, 9.17) is 12.2 Å². The van der Waals surface area contributed by atoms with E-state index in [0.717, 1.165) is 36.4 Å². The fourth-order valence-corrected chi connectivity index (χ4v) is 4.00. The van der Waals surface area contributed by atoms with Crippen molar-refractivity contribution in [3.05, 3.63) is 130 Å². The van der Waals surface area contributed by atoms with Crippen LogP contribution in [0.4, 0.5) is 11.4 Å². The van der Waals surface area contributed by atoms with E-state index in [9.17, 15) is 9.59 Å². The van der Waals surface area contributed by atoms with Crippen LogP contribution in [0.25, 0.3) is 21.8 Å². The molecule has 13 heteroatoms. The zero-order valence-corrected chi connectivity index (χ0v) is 29.7. The number of anilines is 2. The number of halogens is 2. The Balaban J connectivity index is 0.000000240. The number of hydrogen-bond acceptors (Lipinski definition) is 7. The van der Waals surface area contributed by atoms with Gasteiger partial charge in [0.2, 0.25) is 0 Å². The van der Waals surface area contributed by atoms with E-state index in [0.29, 0.717) is 11.4 Å². The number of carboxylic acids is 1. The zero-order valence-electron chi connectivity index (χ0n) is 23.4. The number of carboxylic acid groups (broad SMARTS) is 1. The summed E-state index contributed by atoms with van der Waals surface area (Å²) in [7, 11) is 3.75. The zero-order chi connectivity index (χ0) is 31.2. The van der Waals surface area contributed by atoms with Crippen LogP contribution in [0.5, 0.6) is 0 Å². The van der Waals surface area contributed by atoms with Gasteiger partial charge in [-0.15, -0.1) is 0 Å². The Labute approximate surface area is 291 Å². The number of amides is 1. The van der Waals surface area contributed by atoms with Gasteiger partial charge in [0.25, 0.3) is 5.91 Å². The average molecular weight is 926 g/mol. The minimum absolute atomic E-state index is 0. The van der Waals surface area contributed by atoms with E-state index in [1.54, 1.807) is 36.8 Å². The normalized spacial score (nSPS) is 9.77. The summed E-state index contributed by atoms with van der Waals surface area (Å²) < 4.78 is 6.86. The summed E-state index contributed by atoms with van der Waals surface area (Å²) in [4.78, 5) is 38.5. The molecule has 0 unspecified atom stereocenters. The van der Waals surface area contributed by atoms with E-state index in [2.05, 4.69) is 65.5 Å². The first kappa shape index (κ1) is 33.9. The number of pyridine rings is 4. The quantitative estimate of drug-likeness (QED) is 0.138. The Morgan fingerprint density at radius 2 is 1.23 bits per heavy atom. The number of aromatic nitrogens is 4. The van der Waals surface area contributed by atoms with Crippen LogP contribution in [-0.4, -0.2) is 46.6 Å². The summed E-state index contributed by atoms with van der Waals surface area (Å²) in [6, 6.07) is 25.7. The molecule has 6 aromatic rings. The number of nitrogens with two attached hydrogens (primary N) is 1. The van der Waals surface area contributed by atoms with Crippen molar-refractivity contribution in [2.75, 3.05) is 11.1 Å². The van der Waals surface area contributed by atoms with Crippen molar-refractivity contribution < 1.29 is 45.8 Å². The van der Waals surface area contributed by atoms with Crippen molar-refractivity contribution in [3.63, 3.8) is 0 Å². The number of hydrogen-bond donors (Lipinski definition) is 3. The van der Waals surface area contributed by atoms with E-state index < -0.39 is 5.97 Å². The van der Waals surface area contributed by atoms with Gasteiger partial charge in [0.15, 0.2) is 0 Å². The van der Waals surface area contributed by atoms with Crippen LogP contribution in [0.15, 0.2) is 119 Å². The Hall–Kier alpha value is -3.62. The first-order valence-electron chi connectivity index (χ1n) is 12.6. The van der Waals surface area contributed by atoms with E-state index in [-0.39, 0.29) is 42.7 Å². The van der Waals surface area contributed by atoms with Gasteiger partial charge in [0.05, 0.1) is 22.4 Å². The molecular formula is C30H23BBr2N6O3U. The molecule has 2 radical (unpaired) electrons. The topological polar surface area (TPSA) is 144 Å². The van der Waals surface area contributed by atoms with Gasteiger partial charge in [-0.1, -0.05) is 36.4 Å². The molecule has 4 aromatic heterocycles.